The number of nitrogens with two attached hydrogens (primary N) is 1. The van der Waals surface area contributed by atoms with Gasteiger partial charge in [0.2, 0.25) is 0 Å². The standard InChI is InChI=1S/C11H16Br2N2O/c1-16-6-2-3-11(15-14)9-5-4-8(12)7-10(9)13/h4-5,7,11,15H,2-3,6,14H2,1H3. The van der Waals surface area contributed by atoms with Gasteiger partial charge in [-0.15, -0.1) is 0 Å². The van der Waals surface area contributed by atoms with Gasteiger partial charge in [-0.05, 0) is 30.5 Å². The lowest BCUT2D eigenvalue weighted by molar-refractivity contribution is 0.188. The molecule has 1 rings (SSSR count). The van der Waals surface area contributed by atoms with Crippen LogP contribution in [0.3, 0.4) is 0 Å². The predicted octanol–water partition coefficient (Wildman–Crippen LogP) is 3.14. The SMILES string of the molecule is COCCCC(NN)c1ccc(Br)cc1Br. The summed E-state index contributed by atoms with van der Waals surface area (Å²) in [5, 5.41) is 0. The molecule has 0 aromatic heterocycles. The maximum absolute atomic E-state index is 5.57. The molecule has 90 valence electrons. The molecule has 0 saturated carbocycles. The van der Waals surface area contributed by atoms with E-state index < -0.39 is 0 Å². The number of rotatable bonds is 6. The van der Waals surface area contributed by atoms with Crippen molar-refractivity contribution >= 4 is 31.9 Å². The minimum Gasteiger partial charge on any atom is -0.385 e. The minimum atomic E-state index is 0.151. The molecule has 3 N–H and O–H groups in total. The van der Waals surface area contributed by atoms with E-state index in [1.807, 2.05) is 12.1 Å². The van der Waals surface area contributed by atoms with E-state index in [2.05, 4.69) is 43.4 Å². The molecule has 1 atom stereocenters. The predicted molar refractivity (Wildman–Crippen MR) is 73.0 cm³/mol. The average molecular weight is 352 g/mol. The number of hydrogen-bond donors (Lipinski definition) is 2. The van der Waals surface area contributed by atoms with Crippen molar-refractivity contribution in [1.82, 2.24) is 5.43 Å². The molecule has 0 aliphatic heterocycles. The third kappa shape index (κ3) is 4.14. The summed E-state index contributed by atoms with van der Waals surface area (Å²) in [6.07, 6.45) is 1.93. The number of benzene rings is 1. The first-order valence-corrected chi connectivity index (χ1v) is 6.67. The van der Waals surface area contributed by atoms with Gasteiger partial charge in [-0.2, -0.15) is 0 Å². The zero-order valence-corrected chi connectivity index (χ0v) is 12.3. The van der Waals surface area contributed by atoms with E-state index in [9.17, 15) is 0 Å². The molecule has 0 saturated heterocycles. The summed E-state index contributed by atoms with van der Waals surface area (Å²) < 4.78 is 7.14. The van der Waals surface area contributed by atoms with Crippen LogP contribution in [0, 0.1) is 0 Å². The van der Waals surface area contributed by atoms with E-state index in [-0.39, 0.29) is 6.04 Å². The smallest absolute Gasteiger partial charge is 0.0472 e. The summed E-state index contributed by atoms with van der Waals surface area (Å²) in [4.78, 5) is 0. The molecule has 0 bridgehead atoms. The Labute approximate surface area is 113 Å². The van der Waals surface area contributed by atoms with Gasteiger partial charge in [0.05, 0.1) is 0 Å². The van der Waals surface area contributed by atoms with Crippen molar-refractivity contribution in [1.29, 1.82) is 0 Å². The summed E-state index contributed by atoms with van der Waals surface area (Å²) in [7, 11) is 1.71. The molecule has 16 heavy (non-hydrogen) atoms. The second-order valence-corrected chi connectivity index (χ2v) is 5.29. The van der Waals surface area contributed by atoms with Crippen LogP contribution in [0.5, 0.6) is 0 Å². The highest BCUT2D eigenvalue weighted by molar-refractivity contribution is 9.11. The molecule has 0 aliphatic rings. The van der Waals surface area contributed by atoms with Gasteiger partial charge in [-0.1, -0.05) is 37.9 Å². The summed E-state index contributed by atoms with van der Waals surface area (Å²) in [6, 6.07) is 6.25. The molecule has 1 aromatic rings. The minimum absolute atomic E-state index is 0.151. The highest BCUT2D eigenvalue weighted by Crippen LogP contribution is 2.28. The quantitative estimate of drug-likeness (QED) is 0.470. The van der Waals surface area contributed by atoms with Crippen LogP contribution in [-0.2, 0) is 4.74 Å². The van der Waals surface area contributed by atoms with E-state index in [1.54, 1.807) is 7.11 Å². The van der Waals surface area contributed by atoms with E-state index >= 15 is 0 Å². The number of hydrazine groups is 1. The number of ether oxygens (including phenoxy) is 1. The second-order valence-electron chi connectivity index (χ2n) is 3.52. The normalized spacial score (nSPS) is 12.8. The summed E-state index contributed by atoms with van der Waals surface area (Å²) in [5.41, 5.74) is 4.01. The van der Waals surface area contributed by atoms with Crippen LogP contribution in [0.15, 0.2) is 27.1 Å². The largest absolute Gasteiger partial charge is 0.385 e. The topological polar surface area (TPSA) is 47.3 Å². The number of nitrogens with one attached hydrogen (secondary N) is 1. The molecular weight excluding hydrogens is 336 g/mol. The summed E-state index contributed by atoms with van der Waals surface area (Å²) >= 11 is 6.97. The Balaban J connectivity index is 2.70. The van der Waals surface area contributed by atoms with Gasteiger partial charge in [-0.25, -0.2) is 0 Å². The fraction of sp³-hybridized carbons (Fsp3) is 0.455. The lowest BCUT2D eigenvalue weighted by atomic mass is 10.0. The first-order chi connectivity index (χ1) is 7.69. The van der Waals surface area contributed by atoms with Crippen molar-refractivity contribution in [3.8, 4) is 0 Å². The number of methoxy groups -OCH3 is 1. The third-order valence-electron chi connectivity index (χ3n) is 2.38. The second kappa shape index (κ2) is 7.40. The van der Waals surface area contributed by atoms with Crippen molar-refractivity contribution in [3.05, 3.63) is 32.7 Å². The van der Waals surface area contributed by atoms with Crippen LogP contribution in [-0.4, -0.2) is 13.7 Å². The molecule has 0 heterocycles. The molecule has 1 aromatic carbocycles. The van der Waals surface area contributed by atoms with Crippen molar-refractivity contribution in [2.24, 2.45) is 5.84 Å². The zero-order valence-electron chi connectivity index (χ0n) is 9.17. The lowest BCUT2D eigenvalue weighted by Gasteiger charge is -2.17. The van der Waals surface area contributed by atoms with Crippen molar-refractivity contribution in [3.63, 3.8) is 0 Å². The van der Waals surface area contributed by atoms with E-state index in [0.29, 0.717) is 0 Å². The average Bonchev–Trinajstić information content (AvgIpc) is 2.26. The Morgan fingerprint density at radius 3 is 2.75 bits per heavy atom. The molecule has 1 unspecified atom stereocenters. The van der Waals surface area contributed by atoms with Gasteiger partial charge in [0.25, 0.3) is 0 Å². The first-order valence-electron chi connectivity index (χ1n) is 5.09. The maximum Gasteiger partial charge on any atom is 0.0472 e. The van der Waals surface area contributed by atoms with Crippen LogP contribution in [0.4, 0.5) is 0 Å². The van der Waals surface area contributed by atoms with Crippen molar-refractivity contribution in [2.45, 2.75) is 18.9 Å². The Morgan fingerprint density at radius 2 is 2.19 bits per heavy atom. The van der Waals surface area contributed by atoms with Gasteiger partial charge in [-0.3, -0.25) is 11.3 Å². The number of halogens is 2. The van der Waals surface area contributed by atoms with E-state index in [4.69, 9.17) is 10.6 Å². The Bertz CT molecular complexity index is 334. The molecular formula is C11H16Br2N2O. The molecule has 3 nitrogen and oxygen atoms in total. The maximum atomic E-state index is 5.57. The van der Waals surface area contributed by atoms with E-state index in [1.165, 1.54) is 5.56 Å². The summed E-state index contributed by atoms with van der Waals surface area (Å²) in [6.45, 7) is 0.756. The Kier molecular flexibility index (Phi) is 6.53. The Morgan fingerprint density at radius 1 is 1.44 bits per heavy atom. The third-order valence-corrected chi connectivity index (χ3v) is 3.56. The molecule has 0 aliphatic carbocycles. The molecule has 5 heteroatoms. The molecule has 0 radical (unpaired) electrons. The number of hydrogen-bond acceptors (Lipinski definition) is 3. The Hall–Kier alpha value is 0.0600. The van der Waals surface area contributed by atoms with Crippen LogP contribution >= 0.6 is 31.9 Å². The van der Waals surface area contributed by atoms with Gasteiger partial charge in [0.1, 0.15) is 0 Å². The zero-order chi connectivity index (χ0) is 12.0. The van der Waals surface area contributed by atoms with Crippen LogP contribution in [0.25, 0.3) is 0 Å². The van der Waals surface area contributed by atoms with Gasteiger partial charge in [0.15, 0.2) is 0 Å². The highest BCUT2D eigenvalue weighted by Gasteiger charge is 2.12. The fourth-order valence-electron chi connectivity index (χ4n) is 1.54. The first kappa shape index (κ1) is 14.1. The molecule has 0 amide bonds. The van der Waals surface area contributed by atoms with Gasteiger partial charge in [0, 0.05) is 28.7 Å². The fourth-order valence-corrected chi connectivity index (χ4v) is 2.87. The summed E-state index contributed by atoms with van der Waals surface area (Å²) in [5.74, 6) is 5.57. The highest BCUT2D eigenvalue weighted by atomic mass is 79.9. The lowest BCUT2D eigenvalue weighted by Crippen LogP contribution is -2.28. The van der Waals surface area contributed by atoms with Crippen molar-refractivity contribution in [2.75, 3.05) is 13.7 Å². The molecule has 0 fully saturated rings. The van der Waals surface area contributed by atoms with E-state index in [0.717, 1.165) is 28.4 Å². The van der Waals surface area contributed by atoms with Crippen molar-refractivity contribution < 1.29 is 4.74 Å². The monoisotopic (exact) mass is 350 g/mol. The van der Waals surface area contributed by atoms with Gasteiger partial charge < -0.3 is 4.74 Å². The van der Waals surface area contributed by atoms with Gasteiger partial charge >= 0.3 is 0 Å². The van der Waals surface area contributed by atoms with Crippen LogP contribution in [0.2, 0.25) is 0 Å². The van der Waals surface area contributed by atoms with Crippen LogP contribution in [0.1, 0.15) is 24.4 Å². The molecule has 0 spiro atoms. The van der Waals surface area contributed by atoms with Crippen LogP contribution < -0.4 is 11.3 Å².